The van der Waals surface area contributed by atoms with Gasteiger partial charge in [0.1, 0.15) is 5.75 Å². The molecule has 0 bridgehead atoms. The first kappa shape index (κ1) is 23.1. The molecule has 1 saturated heterocycles. The first-order chi connectivity index (χ1) is 15.0. The molecule has 1 aliphatic rings. The Morgan fingerprint density at radius 2 is 1.84 bits per heavy atom. The van der Waals surface area contributed by atoms with Gasteiger partial charge >= 0.3 is 6.18 Å². The maximum absolute atomic E-state index is 13.5. The Hall–Kier alpha value is -3.56. The average molecular weight is 449 g/mol. The topological polar surface area (TPSA) is 87.7 Å². The normalized spacial score (nSPS) is 16.1. The van der Waals surface area contributed by atoms with Gasteiger partial charge in [-0.05, 0) is 42.8 Å². The minimum atomic E-state index is -4.76. The van der Waals surface area contributed by atoms with Crippen molar-refractivity contribution in [2.45, 2.75) is 26.4 Å². The smallest absolute Gasteiger partial charge is 0.418 e. The van der Waals surface area contributed by atoms with Crippen LogP contribution in [0.3, 0.4) is 0 Å². The number of amides is 3. The second-order valence-electron chi connectivity index (χ2n) is 7.51. The number of carbonyl (C=O) groups excluding carboxylic acids is 3. The van der Waals surface area contributed by atoms with E-state index in [0.29, 0.717) is 11.4 Å². The Bertz CT molecular complexity index is 1070. The van der Waals surface area contributed by atoms with Gasteiger partial charge in [0.15, 0.2) is 0 Å². The molecule has 1 unspecified atom stereocenters. The highest BCUT2D eigenvalue weighted by atomic mass is 19.4. The van der Waals surface area contributed by atoms with Gasteiger partial charge in [-0.1, -0.05) is 6.07 Å². The number of carbonyl (C=O) groups is 3. The molecule has 1 heterocycles. The number of nitrogens with one attached hydrogen (secondary N) is 2. The van der Waals surface area contributed by atoms with Crippen molar-refractivity contribution in [1.82, 2.24) is 0 Å². The van der Waals surface area contributed by atoms with Crippen LogP contribution in [0, 0.1) is 12.8 Å². The first-order valence-electron chi connectivity index (χ1n) is 9.74. The fraction of sp³-hybridized carbons (Fsp3) is 0.318. The summed E-state index contributed by atoms with van der Waals surface area (Å²) < 4.78 is 45.9. The van der Waals surface area contributed by atoms with E-state index in [4.69, 9.17) is 4.74 Å². The van der Waals surface area contributed by atoms with E-state index in [1.165, 1.54) is 25.0 Å². The second kappa shape index (κ2) is 8.89. The number of nitrogens with zero attached hydrogens (tertiary/aromatic N) is 1. The molecule has 3 amide bonds. The van der Waals surface area contributed by atoms with Gasteiger partial charge in [0.2, 0.25) is 17.7 Å². The molecule has 10 heteroatoms. The molecule has 1 fully saturated rings. The van der Waals surface area contributed by atoms with Crippen molar-refractivity contribution >= 4 is 34.8 Å². The predicted octanol–water partition coefficient (Wildman–Crippen LogP) is 3.97. The number of halogens is 3. The first-order valence-corrected chi connectivity index (χ1v) is 9.74. The largest absolute Gasteiger partial charge is 0.495 e. The number of hydrogen-bond donors (Lipinski definition) is 2. The third-order valence-corrected chi connectivity index (χ3v) is 5.02. The summed E-state index contributed by atoms with van der Waals surface area (Å²) in [6.07, 6.45) is -4.90. The Morgan fingerprint density at radius 1 is 1.12 bits per heavy atom. The third kappa shape index (κ3) is 5.01. The summed E-state index contributed by atoms with van der Waals surface area (Å²) in [5, 5.41) is 4.57. The number of rotatable bonds is 5. The number of hydrogen-bond acceptors (Lipinski definition) is 4. The summed E-state index contributed by atoms with van der Waals surface area (Å²) in [6, 6.07) is 8.36. The highest BCUT2D eigenvalue weighted by molar-refractivity contribution is 6.04. The van der Waals surface area contributed by atoms with E-state index in [1.807, 2.05) is 13.0 Å². The molecule has 7 nitrogen and oxygen atoms in total. The highest BCUT2D eigenvalue weighted by Crippen LogP contribution is 2.38. The maximum atomic E-state index is 13.5. The number of methoxy groups -OCH3 is 1. The van der Waals surface area contributed by atoms with Crippen LogP contribution in [0.1, 0.15) is 24.5 Å². The van der Waals surface area contributed by atoms with Gasteiger partial charge in [-0.25, -0.2) is 0 Å². The van der Waals surface area contributed by atoms with E-state index >= 15 is 0 Å². The van der Waals surface area contributed by atoms with Gasteiger partial charge in [-0.2, -0.15) is 13.2 Å². The molecule has 3 rings (SSSR count). The molecule has 0 radical (unpaired) electrons. The van der Waals surface area contributed by atoms with Gasteiger partial charge in [-0.15, -0.1) is 0 Å². The van der Waals surface area contributed by atoms with E-state index in [-0.39, 0.29) is 24.6 Å². The average Bonchev–Trinajstić information content (AvgIpc) is 3.09. The molecular formula is C22H22F3N3O4. The Kier molecular flexibility index (Phi) is 6.42. The van der Waals surface area contributed by atoms with Gasteiger partial charge in [-0.3, -0.25) is 14.4 Å². The van der Waals surface area contributed by atoms with Crippen molar-refractivity contribution in [3.63, 3.8) is 0 Å². The second-order valence-corrected chi connectivity index (χ2v) is 7.51. The van der Waals surface area contributed by atoms with Crippen molar-refractivity contribution in [2.24, 2.45) is 5.92 Å². The summed E-state index contributed by atoms with van der Waals surface area (Å²) in [7, 11) is 1.46. The van der Waals surface area contributed by atoms with E-state index in [0.717, 1.165) is 17.7 Å². The van der Waals surface area contributed by atoms with Gasteiger partial charge in [0.05, 0.1) is 30.0 Å². The van der Waals surface area contributed by atoms with E-state index in [2.05, 4.69) is 10.6 Å². The van der Waals surface area contributed by atoms with Gasteiger partial charge in [0.25, 0.3) is 0 Å². The number of alkyl halides is 3. The molecule has 2 aromatic carbocycles. The minimum absolute atomic E-state index is 0.00973. The van der Waals surface area contributed by atoms with Crippen LogP contribution >= 0.6 is 0 Å². The molecule has 2 aromatic rings. The monoisotopic (exact) mass is 449 g/mol. The van der Waals surface area contributed by atoms with Crippen LogP contribution in [-0.2, 0) is 20.6 Å². The van der Waals surface area contributed by atoms with Crippen molar-refractivity contribution in [3.05, 3.63) is 47.5 Å². The van der Waals surface area contributed by atoms with Gasteiger partial charge in [0, 0.05) is 25.6 Å². The number of aryl methyl sites for hydroxylation is 1. The molecule has 170 valence electrons. The Balaban J connectivity index is 1.82. The van der Waals surface area contributed by atoms with Crippen LogP contribution in [0.4, 0.5) is 30.2 Å². The summed E-state index contributed by atoms with van der Waals surface area (Å²) in [4.78, 5) is 37.9. The molecule has 1 atom stereocenters. The number of anilines is 3. The molecule has 0 aliphatic carbocycles. The molecule has 1 aliphatic heterocycles. The lowest BCUT2D eigenvalue weighted by atomic mass is 10.1. The molecule has 0 aromatic heterocycles. The van der Waals surface area contributed by atoms with Crippen LogP contribution in [0.15, 0.2) is 36.4 Å². The lowest BCUT2D eigenvalue weighted by molar-refractivity contribution is -0.137. The SMILES string of the molecule is COc1ccc(C)cc1N1CC(C(=O)Nc2ccc(NC(C)=O)cc2C(F)(F)F)CC1=O. The number of ether oxygens (including phenoxy) is 1. The molecular weight excluding hydrogens is 427 g/mol. The van der Waals surface area contributed by atoms with Crippen LogP contribution in [0.25, 0.3) is 0 Å². The van der Waals surface area contributed by atoms with Crippen molar-refractivity contribution in [2.75, 3.05) is 29.2 Å². The van der Waals surface area contributed by atoms with E-state index < -0.39 is 35.2 Å². The Labute approximate surface area is 182 Å². The van der Waals surface area contributed by atoms with Crippen LogP contribution in [0.2, 0.25) is 0 Å². The molecule has 32 heavy (non-hydrogen) atoms. The third-order valence-electron chi connectivity index (χ3n) is 5.02. The standard InChI is InChI=1S/C22H22F3N3O4/c1-12-4-7-19(32-3)18(8-12)28-11-14(9-20(28)30)21(31)27-17-6-5-15(26-13(2)29)10-16(17)22(23,24)25/h4-8,10,14H,9,11H2,1-3H3,(H,26,29)(H,27,31). The highest BCUT2D eigenvalue weighted by Gasteiger charge is 2.38. The maximum Gasteiger partial charge on any atom is 0.418 e. The Morgan fingerprint density at radius 3 is 2.47 bits per heavy atom. The summed E-state index contributed by atoms with van der Waals surface area (Å²) in [5.74, 6) is -1.94. The van der Waals surface area contributed by atoms with E-state index in [9.17, 15) is 27.6 Å². The fourth-order valence-corrected chi connectivity index (χ4v) is 3.53. The van der Waals surface area contributed by atoms with Crippen molar-refractivity contribution < 1.29 is 32.3 Å². The van der Waals surface area contributed by atoms with Crippen LogP contribution in [0.5, 0.6) is 5.75 Å². The lowest BCUT2D eigenvalue weighted by Crippen LogP contribution is -2.29. The molecule has 0 spiro atoms. The molecule has 2 N–H and O–H groups in total. The summed E-state index contributed by atoms with van der Waals surface area (Å²) in [6.45, 7) is 3.03. The van der Waals surface area contributed by atoms with Crippen molar-refractivity contribution in [1.29, 1.82) is 0 Å². The van der Waals surface area contributed by atoms with Crippen molar-refractivity contribution in [3.8, 4) is 5.75 Å². The van der Waals surface area contributed by atoms with Crippen LogP contribution < -0.4 is 20.3 Å². The zero-order valence-electron chi connectivity index (χ0n) is 17.7. The van der Waals surface area contributed by atoms with Gasteiger partial charge < -0.3 is 20.3 Å². The van der Waals surface area contributed by atoms with E-state index in [1.54, 1.807) is 12.1 Å². The lowest BCUT2D eigenvalue weighted by Gasteiger charge is -2.20. The zero-order valence-corrected chi connectivity index (χ0v) is 17.7. The summed E-state index contributed by atoms with van der Waals surface area (Å²) >= 11 is 0. The van der Waals surface area contributed by atoms with Crippen LogP contribution in [-0.4, -0.2) is 31.4 Å². The summed E-state index contributed by atoms with van der Waals surface area (Å²) in [5.41, 5.74) is -0.204. The number of benzene rings is 2. The minimum Gasteiger partial charge on any atom is -0.495 e. The quantitative estimate of drug-likeness (QED) is 0.723. The predicted molar refractivity (Wildman–Crippen MR) is 113 cm³/mol. The fourth-order valence-electron chi connectivity index (χ4n) is 3.53. The zero-order chi connectivity index (χ0) is 23.6. The molecule has 0 saturated carbocycles.